The molecule has 0 heterocycles. The van der Waals surface area contributed by atoms with Gasteiger partial charge in [0.05, 0.1) is 0 Å². The van der Waals surface area contributed by atoms with Crippen molar-refractivity contribution in [2.45, 2.75) is 31.1 Å². The first-order chi connectivity index (χ1) is 2.94. The van der Waals surface area contributed by atoms with E-state index in [9.17, 15) is 0 Å². The number of rotatable bonds is 1. The standard InChI is InChI=1S/C6H13.Sn/c1-5(2)6(3)4;/h5H,1-4H3;. The molecule has 0 amide bonds. The molecule has 0 aliphatic rings. The zero-order valence-electron chi connectivity index (χ0n) is 5.58. The van der Waals surface area contributed by atoms with Gasteiger partial charge in [-0.2, -0.15) is 0 Å². The van der Waals surface area contributed by atoms with Crippen LogP contribution in [0, 0.1) is 5.92 Å². The van der Waals surface area contributed by atoms with Gasteiger partial charge in [-0.1, -0.05) is 0 Å². The number of hydrogen-bond donors (Lipinski definition) is 0. The van der Waals surface area contributed by atoms with Crippen LogP contribution in [-0.2, 0) is 0 Å². The third-order valence-electron chi connectivity index (χ3n) is 1.44. The molecule has 0 bridgehead atoms. The maximum absolute atomic E-state index is 2.30. The molecule has 0 nitrogen and oxygen atoms in total. The Bertz CT molecular complexity index is 49.7. The molecule has 0 unspecified atom stereocenters. The maximum atomic E-state index is 2.30. The van der Waals surface area contributed by atoms with Crippen molar-refractivity contribution in [2.24, 2.45) is 5.92 Å². The summed E-state index contributed by atoms with van der Waals surface area (Å²) in [5.41, 5.74) is 0. The van der Waals surface area contributed by atoms with E-state index in [1.54, 1.807) is 22.5 Å². The SMILES string of the molecule is CC(C)[C](C)(C)[Sn]. The van der Waals surface area contributed by atoms with Crippen molar-refractivity contribution in [2.75, 3.05) is 0 Å². The summed E-state index contributed by atoms with van der Waals surface area (Å²) >= 11 is 1.65. The Morgan fingerprint density at radius 2 is 1.43 bits per heavy atom. The van der Waals surface area contributed by atoms with E-state index in [1.807, 2.05) is 0 Å². The molecule has 0 spiro atoms. The molecular weight excluding hydrogens is 191 g/mol. The molecule has 0 fully saturated rings. The summed E-state index contributed by atoms with van der Waals surface area (Å²) in [7, 11) is 0. The van der Waals surface area contributed by atoms with Crippen LogP contribution in [0.3, 0.4) is 0 Å². The molecule has 0 saturated heterocycles. The Balaban J connectivity index is 3.54. The van der Waals surface area contributed by atoms with Gasteiger partial charge in [0, 0.05) is 0 Å². The summed E-state index contributed by atoms with van der Waals surface area (Å²) in [6, 6.07) is 0. The molecule has 0 atom stereocenters. The zero-order valence-corrected chi connectivity index (χ0v) is 8.43. The molecule has 0 aliphatic carbocycles. The second-order valence-corrected chi connectivity index (χ2v) is 6.55. The summed E-state index contributed by atoms with van der Waals surface area (Å²) in [6.07, 6.45) is 0. The third kappa shape index (κ3) is 3.39. The summed E-state index contributed by atoms with van der Waals surface area (Å²) in [5.74, 6) is 0.839. The van der Waals surface area contributed by atoms with Crippen molar-refractivity contribution in [1.82, 2.24) is 0 Å². The van der Waals surface area contributed by atoms with E-state index < -0.39 is 0 Å². The van der Waals surface area contributed by atoms with Crippen LogP contribution >= 0.6 is 0 Å². The normalized spacial score (nSPS) is 12.9. The molecule has 0 aromatic heterocycles. The van der Waals surface area contributed by atoms with E-state index in [2.05, 4.69) is 27.7 Å². The Morgan fingerprint density at radius 1 is 1.29 bits per heavy atom. The Kier molecular flexibility index (Phi) is 2.65. The quantitative estimate of drug-likeness (QED) is 0.573. The van der Waals surface area contributed by atoms with Gasteiger partial charge in [-0.3, -0.25) is 0 Å². The predicted molar refractivity (Wildman–Crippen MR) is 34.6 cm³/mol. The van der Waals surface area contributed by atoms with Gasteiger partial charge in [-0.05, 0) is 0 Å². The molecule has 0 aromatic carbocycles. The van der Waals surface area contributed by atoms with E-state index in [1.165, 1.54) is 0 Å². The van der Waals surface area contributed by atoms with Crippen LogP contribution in [0.15, 0.2) is 0 Å². The van der Waals surface area contributed by atoms with E-state index in [0.717, 1.165) is 5.92 Å². The average Bonchev–Trinajstić information content (AvgIpc) is 1.31. The average molecular weight is 204 g/mol. The fourth-order valence-electron chi connectivity index (χ4n) is 0. The van der Waals surface area contributed by atoms with Crippen molar-refractivity contribution in [3.63, 3.8) is 0 Å². The molecular formula is C6H13Sn. The van der Waals surface area contributed by atoms with Crippen LogP contribution in [0.2, 0.25) is 3.43 Å². The minimum atomic E-state index is 0.590. The van der Waals surface area contributed by atoms with Gasteiger partial charge in [-0.15, -0.1) is 0 Å². The van der Waals surface area contributed by atoms with Crippen molar-refractivity contribution >= 4 is 22.5 Å². The zero-order chi connectivity index (χ0) is 6.08. The van der Waals surface area contributed by atoms with Gasteiger partial charge in [0.1, 0.15) is 0 Å². The molecule has 0 aromatic rings. The first-order valence-electron chi connectivity index (χ1n) is 2.69. The Morgan fingerprint density at radius 3 is 1.43 bits per heavy atom. The van der Waals surface area contributed by atoms with Crippen LogP contribution in [-0.4, -0.2) is 22.5 Å². The van der Waals surface area contributed by atoms with E-state index in [0.29, 0.717) is 3.43 Å². The van der Waals surface area contributed by atoms with Crippen molar-refractivity contribution in [3.8, 4) is 0 Å². The number of hydrogen-bond acceptors (Lipinski definition) is 0. The van der Waals surface area contributed by atoms with E-state index in [-0.39, 0.29) is 0 Å². The Hall–Kier alpha value is 0.799. The van der Waals surface area contributed by atoms with Gasteiger partial charge in [0.25, 0.3) is 0 Å². The van der Waals surface area contributed by atoms with Crippen LogP contribution in [0.25, 0.3) is 0 Å². The molecule has 3 radical (unpaired) electrons. The molecule has 41 valence electrons. The summed E-state index contributed by atoms with van der Waals surface area (Å²) in [6.45, 7) is 9.15. The molecule has 1 heteroatoms. The summed E-state index contributed by atoms with van der Waals surface area (Å²) in [4.78, 5) is 0. The van der Waals surface area contributed by atoms with Gasteiger partial charge in [0.15, 0.2) is 0 Å². The molecule has 0 N–H and O–H groups in total. The minimum absolute atomic E-state index is 0.590. The fraction of sp³-hybridized carbons (Fsp3) is 1.00. The summed E-state index contributed by atoms with van der Waals surface area (Å²) in [5, 5.41) is 0. The molecule has 0 rings (SSSR count). The fourth-order valence-corrected chi connectivity index (χ4v) is 0. The third-order valence-corrected chi connectivity index (χ3v) is 3.09. The monoisotopic (exact) mass is 205 g/mol. The molecule has 7 heavy (non-hydrogen) atoms. The Labute approximate surface area is 59.8 Å². The van der Waals surface area contributed by atoms with Gasteiger partial charge < -0.3 is 0 Å². The predicted octanol–water partition coefficient (Wildman–Crippen LogP) is 2.01. The van der Waals surface area contributed by atoms with Crippen LogP contribution in [0.4, 0.5) is 0 Å². The van der Waals surface area contributed by atoms with Crippen molar-refractivity contribution in [1.29, 1.82) is 0 Å². The first-order valence-corrected chi connectivity index (χ1v) is 4.12. The first kappa shape index (κ1) is 7.80. The second kappa shape index (κ2) is 2.38. The van der Waals surface area contributed by atoms with Gasteiger partial charge in [0.2, 0.25) is 0 Å². The van der Waals surface area contributed by atoms with Crippen molar-refractivity contribution < 1.29 is 0 Å². The van der Waals surface area contributed by atoms with Crippen molar-refractivity contribution in [3.05, 3.63) is 0 Å². The molecule has 0 aliphatic heterocycles. The van der Waals surface area contributed by atoms with Crippen LogP contribution in [0.1, 0.15) is 27.7 Å². The van der Waals surface area contributed by atoms with Crippen LogP contribution < -0.4 is 0 Å². The second-order valence-electron chi connectivity index (χ2n) is 2.88. The van der Waals surface area contributed by atoms with E-state index >= 15 is 0 Å². The van der Waals surface area contributed by atoms with Crippen LogP contribution in [0.5, 0.6) is 0 Å². The van der Waals surface area contributed by atoms with E-state index in [4.69, 9.17) is 0 Å². The summed E-state index contributed by atoms with van der Waals surface area (Å²) < 4.78 is 0.590. The topological polar surface area (TPSA) is 0 Å². The van der Waals surface area contributed by atoms with Gasteiger partial charge >= 0.3 is 59.6 Å². The molecule has 0 saturated carbocycles. The van der Waals surface area contributed by atoms with Gasteiger partial charge in [-0.25, -0.2) is 0 Å².